The molecule has 0 radical (unpaired) electrons. The average molecular weight is 240 g/mol. The standard InChI is InChI=1S/C13H24N2O2/c1-9(2)4-5-15-7-10-6-11(13(16)14-3)12(8-15)17-10/h9-12H,4-8H2,1-3H3,(H,14,16)/t10-,11+,12+/m0/s1. The van der Waals surface area contributed by atoms with Gasteiger partial charge in [0.15, 0.2) is 0 Å². The molecule has 4 nitrogen and oxygen atoms in total. The Balaban J connectivity index is 1.88. The first-order valence-corrected chi connectivity index (χ1v) is 6.69. The third kappa shape index (κ3) is 2.99. The van der Waals surface area contributed by atoms with Crippen LogP contribution in [0.1, 0.15) is 26.7 Å². The molecule has 2 heterocycles. The summed E-state index contributed by atoms with van der Waals surface area (Å²) >= 11 is 0. The summed E-state index contributed by atoms with van der Waals surface area (Å²) in [5, 5.41) is 2.75. The molecule has 17 heavy (non-hydrogen) atoms. The van der Waals surface area contributed by atoms with Crippen LogP contribution in [0.15, 0.2) is 0 Å². The molecule has 2 aliphatic rings. The van der Waals surface area contributed by atoms with E-state index in [0.717, 1.165) is 32.0 Å². The van der Waals surface area contributed by atoms with E-state index in [9.17, 15) is 4.79 Å². The first-order chi connectivity index (χ1) is 8.10. The minimum atomic E-state index is 0.0639. The van der Waals surface area contributed by atoms with Gasteiger partial charge in [-0.3, -0.25) is 9.69 Å². The van der Waals surface area contributed by atoms with Gasteiger partial charge in [-0.15, -0.1) is 0 Å². The molecule has 0 aromatic rings. The van der Waals surface area contributed by atoms with Gasteiger partial charge in [0.25, 0.3) is 0 Å². The molecular weight excluding hydrogens is 216 g/mol. The Morgan fingerprint density at radius 1 is 1.47 bits per heavy atom. The van der Waals surface area contributed by atoms with Crippen molar-refractivity contribution >= 4 is 5.91 Å². The Morgan fingerprint density at radius 2 is 2.24 bits per heavy atom. The van der Waals surface area contributed by atoms with Gasteiger partial charge in [-0.2, -0.15) is 0 Å². The van der Waals surface area contributed by atoms with Crippen molar-refractivity contribution in [3.05, 3.63) is 0 Å². The van der Waals surface area contributed by atoms with Gasteiger partial charge < -0.3 is 10.1 Å². The Morgan fingerprint density at radius 3 is 2.88 bits per heavy atom. The molecule has 2 bridgehead atoms. The van der Waals surface area contributed by atoms with E-state index >= 15 is 0 Å². The van der Waals surface area contributed by atoms with Crippen molar-refractivity contribution in [2.24, 2.45) is 11.8 Å². The lowest BCUT2D eigenvalue weighted by atomic mass is 10.00. The molecule has 4 heteroatoms. The van der Waals surface area contributed by atoms with Crippen LogP contribution in [-0.2, 0) is 9.53 Å². The van der Waals surface area contributed by atoms with Gasteiger partial charge in [0.05, 0.1) is 18.1 Å². The van der Waals surface area contributed by atoms with Crippen molar-refractivity contribution in [1.29, 1.82) is 0 Å². The van der Waals surface area contributed by atoms with Crippen LogP contribution >= 0.6 is 0 Å². The fourth-order valence-corrected chi connectivity index (χ4v) is 2.82. The highest BCUT2D eigenvalue weighted by molar-refractivity contribution is 5.79. The highest BCUT2D eigenvalue weighted by atomic mass is 16.5. The van der Waals surface area contributed by atoms with E-state index in [1.165, 1.54) is 6.42 Å². The van der Waals surface area contributed by atoms with Gasteiger partial charge in [0, 0.05) is 20.1 Å². The number of nitrogens with zero attached hydrogens (tertiary/aromatic N) is 1. The van der Waals surface area contributed by atoms with Crippen molar-refractivity contribution in [3.63, 3.8) is 0 Å². The van der Waals surface area contributed by atoms with Crippen LogP contribution in [0, 0.1) is 11.8 Å². The van der Waals surface area contributed by atoms with Gasteiger partial charge in [-0.05, 0) is 25.3 Å². The maximum Gasteiger partial charge on any atom is 0.225 e. The number of morpholine rings is 1. The highest BCUT2D eigenvalue weighted by Crippen LogP contribution is 2.32. The summed E-state index contributed by atoms with van der Waals surface area (Å²) < 4.78 is 5.87. The summed E-state index contributed by atoms with van der Waals surface area (Å²) in [6, 6.07) is 0. The fourth-order valence-electron chi connectivity index (χ4n) is 2.82. The zero-order chi connectivity index (χ0) is 12.4. The van der Waals surface area contributed by atoms with Crippen LogP contribution in [0.5, 0.6) is 0 Å². The maximum atomic E-state index is 11.7. The molecule has 0 unspecified atom stereocenters. The second-order valence-electron chi connectivity index (χ2n) is 5.70. The lowest BCUT2D eigenvalue weighted by molar-refractivity contribution is -0.127. The third-order valence-electron chi connectivity index (χ3n) is 3.84. The van der Waals surface area contributed by atoms with Crippen molar-refractivity contribution < 1.29 is 9.53 Å². The highest BCUT2D eigenvalue weighted by Gasteiger charge is 2.44. The van der Waals surface area contributed by atoms with Gasteiger partial charge in [-0.1, -0.05) is 13.8 Å². The largest absolute Gasteiger partial charge is 0.371 e. The van der Waals surface area contributed by atoms with Crippen LogP contribution < -0.4 is 5.32 Å². The number of rotatable bonds is 4. The van der Waals surface area contributed by atoms with Crippen molar-refractivity contribution in [3.8, 4) is 0 Å². The molecule has 0 aromatic carbocycles. The smallest absolute Gasteiger partial charge is 0.225 e. The minimum Gasteiger partial charge on any atom is -0.371 e. The molecular formula is C13H24N2O2. The van der Waals surface area contributed by atoms with Gasteiger partial charge in [0.1, 0.15) is 0 Å². The second-order valence-corrected chi connectivity index (χ2v) is 5.70. The topological polar surface area (TPSA) is 41.6 Å². The van der Waals surface area contributed by atoms with E-state index in [1.807, 2.05) is 0 Å². The molecule has 0 aliphatic carbocycles. The molecule has 0 aromatic heterocycles. The Hall–Kier alpha value is -0.610. The number of likely N-dealkylation sites (tertiary alicyclic amines) is 1. The predicted molar refractivity (Wildman–Crippen MR) is 66.7 cm³/mol. The number of ether oxygens (including phenoxy) is 1. The molecule has 2 aliphatic heterocycles. The summed E-state index contributed by atoms with van der Waals surface area (Å²) in [5.74, 6) is 0.947. The monoisotopic (exact) mass is 240 g/mol. The van der Waals surface area contributed by atoms with E-state index < -0.39 is 0 Å². The Kier molecular flexibility index (Phi) is 4.05. The molecule has 2 saturated heterocycles. The molecule has 98 valence electrons. The van der Waals surface area contributed by atoms with Gasteiger partial charge in [-0.25, -0.2) is 0 Å². The quantitative estimate of drug-likeness (QED) is 0.793. The number of hydrogen-bond donors (Lipinski definition) is 1. The summed E-state index contributed by atoms with van der Waals surface area (Å²) in [7, 11) is 1.71. The third-order valence-corrected chi connectivity index (χ3v) is 3.84. The molecule has 0 spiro atoms. The van der Waals surface area contributed by atoms with E-state index in [2.05, 4.69) is 24.1 Å². The average Bonchev–Trinajstić information content (AvgIpc) is 2.61. The van der Waals surface area contributed by atoms with Crippen LogP contribution in [0.25, 0.3) is 0 Å². The maximum absolute atomic E-state index is 11.7. The molecule has 2 rings (SSSR count). The first kappa shape index (κ1) is 12.8. The molecule has 3 atom stereocenters. The molecule has 1 N–H and O–H groups in total. The van der Waals surface area contributed by atoms with E-state index in [4.69, 9.17) is 4.74 Å². The van der Waals surface area contributed by atoms with E-state index in [1.54, 1.807) is 7.05 Å². The normalized spacial score (nSPS) is 33.1. The van der Waals surface area contributed by atoms with E-state index in [-0.39, 0.29) is 24.0 Å². The van der Waals surface area contributed by atoms with Crippen LogP contribution in [0.4, 0.5) is 0 Å². The van der Waals surface area contributed by atoms with E-state index in [0.29, 0.717) is 0 Å². The Bertz CT molecular complexity index is 281. The predicted octanol–water partition coefficient (Wildman–Crippen LogP) is 0.868. The minimum absolute atomic E-state index is 0.0639. The molecule has 0 saturated carbocycles. The molecule has 1 amide bonds. The zero-order valence-electron chi connectivity index (χ0n) is 11.1. The first-order valence-electron chi connectivity index (χ1n) is 6.69. The number of carbonyl (C=O) groups excluding carboxylic acids is 1. The SMILES string of the molecule is CNC(=O)[C@@H]1C[C@H]2CN(CCC(C)C)C[C@H]1O2. The number of nitrogens with one attached hydrogen (secondary N) is 1. The summed E-state index contributed by atoms with van der Waals surface area (Å²) in [6.07, 6.45) is 2.50. The van der Waals surface area contributed by atoms with Crippen molar-refractivity contribution in [2.45, 2.75) is 38.9 Å². The molecule has 2 fully saturated rings. The van der Waals surface area contributed by atoms with Crippen LogP contribution in [-0.4, -0.2) is 49.7 Å². The Labute approximate surface area is 104 Å². The number of carbonyl (C=O) groups is 1. The fraction of sp³-hybridized carbons (Fsp3) is 0.923. The zero-order valence-corrected chi connectivity index (χ0v) is 11.1. The number of hydrogen-bond acceptors (Lipinski definition) is 3. The van der Waals surface area contributed by atoms with Crippen LogP contribution in [0.3, 0.4) is 0 Å². The van der Waals surface area contributed by atoms with Gasteiger partial charge in [0.2, 0.25) is 5.91 Å². The summed E-state index contributed by atoms with van der Waals surface area (Å²) in [5.41, 5.74) is 0. The van der Waals surface area contributed by atoms with Crippen molar-refractivity contribution in [1.82, 2.24) is 10.2 Å². The number of fused-ring (bicyclic) bond motifs is 2. The van der Waals surface area contributed by atoms with Crippen molar-refractivity contribution in [2.75, 3.05) is 26.7 Å². The van der Waals surface area contributed by atoms with Gasteiger partial charge >= 0.3 is 0 Å². The lowest BCUT2D eigenvalue weighted by Crippen LogP contribution is -2.45. The second kappa shape index (κ2) is 5.36. The summed E-state index contributed by atoms with van der Waals surface area (Å²) in [4.78, 5) is 14.2. The summed E-state index contributed by atoms with van der Waals surface area (Å²) in [6.45, 7) is 7.55. The lowest BCUT2D eigenvalue weighted by Gasteiger charge is -2.33. The van der Waals surface area contributed by atoms with Crippen LogP contribution in [0.2, 0.25) is 0 Å². The number of amides is 1.